The number of hydrogen-bond donors (Lipinski definition) is 0. The van der Waals surface area contributed by atoms with Gasteiger partial charge in [-0.25, -0.2) is 0 Å². The van der Waals surface area contributed by atoms with E-state index in [0.29, 0.717) is 6.61 Å². The molecule has 0 unspecified atom stereocenters. The Morgan fingerprint density at radius 2 is 1.64 bits per heavy atom. The number of aryl methyl sites for hydroxylation is 1. The van der Waals surface area contributed by atoms with Crippen molar-refractivity contribution in [3.8, 4) is 0 Å². The van der Waals surface area contributed by atoms with Crippen molar-refractivity contribution in [1.82, 2.24) is 0 Å². The summed E-state index contributed by atoms with van der Waals surface area (Å²) in [6, 6.07) is 8.18. The predicted octanol–water partition coefficient (Wildman–Crippen LogP) is 3.03. The molecule has 0 atom stereocenters. The van der Waals surface area contributed by atoms with Gasteiger partial charge in [-0.15, -0.1) is 0 Å². The van der Waals surface area contributed by atoms with Gasteiger partial charge >= 0.3 is 8.60 Å². The maximum absolute atomic E-state index is 5.39. The van der Waals surface area contributed by atoms with Gasteiger partial charge in [0.05, 0.1) is 6.61 Å². The maximum Gasteiger partial charge on any atom is 0.332 e. The summed E-state index contributed by atoms with van der Waals surface area (Å²) in [5.74, 6) is 0. The lowest BCUT2D eigenvalue weighted by Crippen LogP contribution is -1.91. The van der Waals surface area contributed by atoms with Crippen molar-refractivity contribution in [2.75, 3.05) is 14.2 Å². The van der Waals surface area contributed by atoms with Crippen LogP contribution in [0.2, 0.25) is 0 Å². The molecule has 0 radical (unpaired) electrons. The molecule has 14 heavy (non-hydrogen) atoms. The first kappa shape index (κ1) is 11.6. The third-order valence-electron chi connectivity index (χ3n) is 1.76. The molecule has 0 fully saturated rings. The topological polar surface area (TPSA) is 27.7 Å². The molecule has 1 rings (SSSR count). The molecular formula is C10H15O3P. The van der Waals surface area contributed by atoms with E-state index < -0.39 is 8.60 Å². The van der Waals surface area contributed by atoms with Crippen molar-refractivity contribution in [1.29, 1.82) is 0 Å². The molecule has 0 spiro atoms. The summed E-state index contributed by atoms with van der Waals surface area (Å²) in [6.07, 6.45) is 0. The molecule has 0 aliphatic heterocycles. The van der Waals surface area contributed by atoms with Gasteiger partial charge in [0.1, 0.15) is 0 Å². The molecule has 0 bridgehead atoms. The van der Waals surface area contributed by atoms with Crippen molar-refractivity contribution in [2.24, 2.45) is 0 Å². The highest BCUT2D eigenvalue weighted by molar-refractivity contribution is 7.41. The second kappa shape index (κ2) is 6.10. The van der Waals surface area contributed by atoms with Gasteiger partial charge < -0.3 is 13.6 Å². The molecule has 1 aromatic rings. The maximum atomic E-state index is 5.39. The van der Waals surface area contributed by atoms with Crippen LogP contribution in [0.5, 0.6) is 0 Å². The lowest BCUT2D eigenvalue weighted by Gasteiger charge is -2.11. The van der Waals surface area contributed by atoms with Crippen molar-refractivity contribution >= 4 is 8.60 Å². The zero-order chi connectivity index (χ0) is 10.4. The van der Waals surface area contributed by atoms with E-state index in [1.807, 2.05) is 12.1 Å². The fourth-order valence-corrected chi connectivity index (χ4v) is 1.61. The second-order valence-electron chi connectivity index (χ2n) is 2.85. The number of hydrogen-bond acceptors (Lipinski definition) is 3. The second-order valence-corrected chi connectivity index (χ2v) is 4.28. The molecule has 0 heterocycles. The van der Waals surface area contributed by atoms with Crippen molar-refractivity contribution in [2.45, 2.75) is 13.5 Å². The van der Waals surface area contributed by atoms with Gasteiger partial charge in [-0.05, 0) is 12.5 Å². The van der Waals surface area contributed by atoms with Crippen LogP contribution in [0.4, 0.5) is 0 Å². The summed E-state index contributed by atoms with van der Waals surface area (Å²) in [7, 11) is 1.96. The molecule has 0 aliphatic rings. The van der Waals surface area contributed by atoms with E-state index in [0.717, 1.165) is 5.56 Å². The van der Waals surface area contributed by atoms with E-state index in [-0.39, 0.29) is 0 Å². The highest BCUT2D eigenvalue weighted by atomic mass is 31.2. The standard InChI is InChI=1S/C10H15O3P/c1-9-4-6-10(7-5-9)8-13-14(11-2)12-3/h4-7H,8H2,1-3H3. The van der Waals surface area contributed by atoms with Crippen LogP contribution in [0.15, 0.2) is 24.3 Å². The van der Waals surface area contributed by atoms with E-state index in [1.54, 1.807) is 14.2 Å². The van der Waals surface area contributed by atoms with Crippen LogP contribution in [0.25, 0.3) is 0 Å². The van der Waals surface area contributed by atoms with Gasteiger partial charge in [0.25, 0.3) is 0 Å². The summed E-state index contributed by atoms with van der Waals surface area (Å²) in [5, 5.41) is 0. The highest BCUT2D eigenvalue weighted by Crippen LogP contribution is 2.38. The van der Waals surface area contributed by atoms with Crippen LogP contribution >= 0.6 is 8.60 Å². The monoisotopic (exact) mass is 214 g/mol. The average Bonchev–Trinajstić information content (AvgIpc) is 2.22. The third-order valence-corrected chi connectivity index (χ3v) is 2.69. The molecule has 0 saturated heterocycles. The molecule has 0 N–H and O–H groups in total. The SMILES string of the molecule is COP(OC)OCc1ccc(C)cc1. The van der Waals surface area contributed by atoms with E-state index >= 15 is 0 Å². The Balaban J connectivity index is 2.41. The van der Waals surface area contributed by atoms with Crippen molar-refractivity contribution in [3.63, 3.8) is 0 Å². The third kappa shape index (κ3) is 3.72. The van der Waals surface area contributed by atoms with Crippen molar-refractivity contribution in [3.05, 3.63) is 35.4 Å². The number of benzene rings is 1. The molecule has 0 aliphatic carbocycles. The first-order valence-electron chi connectivity index (χ1n) is 4.33. The first-order chi connectivity index (χ1) is 6.76. The predicted molar refractivity (Wildman–Crippen MR) is 56.9 cm³/mol. The minimum atomic E-state index is -1.19. The summed E-state index contributed by atoms with van der Waals surface area (Å²) in [4.78, 5) is 0. The van der Waals surface area contributed by atoms with Crippen LogP contribution in [0.3, 0.4) is 0 Å². The Hall–Kier alpha value is -0.470. The normalized spacial score (nSPS) is 10.9. The molecule has 78 valence electrons. The Labute approximate surface area is 86.0 Å². The molecule has 3 nitrogen and oxygen atoms in total. The molecular weight excluding hydrogens is 199 g/mol. The summed E-state index contributed by atoms with van der Waals surface area (Å²) in [6.45, 7) is 2.58. The van der Waals surface area contributed by atoms with Crippen molar-refractivity contribution < 1.29 is 13.6 Å². The van der Waals surface area contributed by atoms with E-state index in [4.69, 9.17) is 13.6 Å². The Kier molecular flexibility index (Phi) is 5.05. The largest absolute Gasteiger partial charge is 0.332 e. The Morgan fingerprint density at radius 3 is 2.14 bits per heavy atom. The van der Waals surface area contributed by atoms with Gasteiger partial charge in [-0.3, -0.25) is 0 Å². The average molecular weight is 214 g/mol. The summed E-state index contributed by atoms with van der Waals surface area (Å²) >= 11 is 0. The fraction of sp³-hybridized carbons (Fsp3) is 0.400. The van der Waals surface area contributed by atoms with Gasteiger partial charge in [-0.1, -0.05) is 29.8 Å². The minimum absolute atomic E-state index is 0.521. The molecule has 1 aromatic carbocycles. The molecule has 0 aromatic heterocycles. The molecule has 0 amide bonds. The van der Waals surface area contributed by atoms with Crippen LogP contribution < -0.4 is 0 Å². The smallest absolute Gasteiger partial charge is 0.316 e. The van der Waals surface area contributed by atoms with Crippen LogP contribution in [-0.2, 0) is 20.2 Å². The van der Waals surface area contributed by atoms with Crippen LogP contribution in [0, 0.1) is 6.92 Å². The Morgan fingerprint density at radius 1 is 1.07 bits per heavy atom. The molecule has 4 heteroatoms. The van der Waals surface area contributed by atoms with Crippen LogP contribution in [0.1, 0.15) is 11.1 Å². The zero-order valence-corrected chi connectivity index (χ0v) is 9.58. The van der Waals surface area contributed by atoms with E-state index in [1.165, 1.54) is 5.56 Å². The lowest BCUT2D eigenvalue weighted by molar-refractivity contribution is 0.199. The lowest BCUT2D eigenvalue weighted by atomic mass is 10.2. The van der Waals surface area contributed by atoms with Gasteiger partial charge in [0.15, 0.2) is 0 Å². The summed E-state index contributed by atoms with van der Waals surface area (Å²) < 4.78 is 15.3. The first-order valence-corrected chi connectivity index (χ1v) is 5.42. The van der Waals surface area contributed by atoms with Gasteiger partial charge in [0, 0.05) is 14.2 Å². The molecule has 0 saturated carbocycles. The van der Waals surface area contributed by atoms with Crippen LogP contribution in [-0.4, -0.2) is 14.2 Å². The summed E-state index contributed by atoms with van der Waals surface area (Å²) in [5.41, 5.74) is 2.37. The minimum Gasteiger partial charge on any atom is -0.316 e. The van der Waals surface area contributed by atoms with E-state index in [2.05, 4.69) is 19.1 Å². The van der Waals surface area contributed by atoms with Gasteiger partial charge in [-0.2, -0.15) is 0 Å². The number of rotatable bonds is 5. The fourth-order valence-electron chi connectivity index (χ4n) is 0.991. The van der Waals surface area contributed by atoms with Gasteiger partial charge in [0.2, 0.25) is 0 Å². The highest BCUT2D eigenvalue weighted by Gasteiger charge is 2.06. The Bertz CT molecular complexity index is 257. The quantitative estimate of drug-likeness (QED) is 0.705. The van der Waals surface area contributed by atoms with E-state index in [9.17, 15) is 0 Å². The zero-order valence-electron chi connectivity index (χ0n) is 8.69.